The summed E-state index contributed by atoms with van der Waals surface area (Å²) in [7, 11) is 1.71. The maximum atomic E-state index is 13.4. The molecule has 1 N–H and O–H groups in total. The molecule has 0 spiro atoms. The van der Waals surface area contributed by atoms with Crippen LogP contribution in [0.1, 0.15) is 23.6 Å². The zero-order valence-electron chi connectivity index (χ0n) is 17.9. The maximum absolute atomic E-state index is 13.4. The number of aliphatic hydroxyl groups is 1. The molecule has 4 nitrogen and oxygen atoms in total. The fourth-order valence-corrected chi connectivity index (χ4v) is 4.34. The summed E-state index contributed by atoms with van der Waals surface area (Å²) in [5.41, 5.74) is 4.02. The molecule has 1 aliphatic rings. The van der Waals surface area contributed by atoms with Gasteiger partial charge in [-0.2, -0.15) is 0 Å². The third kappa shape index (κ3) is 4.58. The Balaban J connectivity index is 1.75. The number of fused-ring (bicyclic) bond motifs is 1. The fourth-order valence-electron chi connectivity index (χ4n) is 4.04. The second kappa shape index (κ2) is 9.45. The Kier molecular flexibility index (Phi) is 6.66. The topological polar surface area (TPSA) is 52.9 Å². The number of amides is 1. The fraction of sp³-hybridized carbons (Fsp3) is 0.231. The lowest BCUT2D eigenvalue weighted by Gasteiger charge is -2.27. The molecule has 0 saturated carbocycles. The Morgan fingerprint density at radius 3 is 2.34 bits per heavy atom. The van der Waals surface area contributed by atoms with Crippen LogP contribution in [-0.4, -0.2) is 35.9 Å². The van der Waals surface area contributed by atoms with Gasteiger partial charge in [-0.1, -0.05) is 72.6 Å². The van der Waals surface area contributed by atoms with Crippen molar-refractivity contribution in [1.29, 1.82) is 0 Å². The Hall–Kier alpha value is -2.66. The highest BCUT2D eigenvalue weighted by Gasteiger charge is 2.37. The molecule has 0 fully saturated rings. The van der Waals surface area contributed by atoms with Crippen molar-refractivity contribution in [3.8, 4) is 0 Å². The van der Waals surface area contributed by atoms with Crippen molar-refractivity contribution < 1.29 is 9.90 Å². The van der Waals surface area contributed by atoms with E-state index in [-0.39, 0.29) is 11.8 Å². The molecule has 1 amide bonds. The van der Waals surface area contributed by atoms with Gasteiger partial charge in [0.1, 0.15) is 0 Å². The van der Waals surface area contributed by atoms with Crippen LogP contribution in [-0.2, 0) is 11.2 Å². The lowest BCUT2D eigenvalue weighted by atomic mass is 9.91. The van der Waals surface area contributed by atoms with Crippen LogP contribution in [0.5, 0.6) is 0 Å². The number of halogens is 2. The summed E-state index contributed by atoms with van der Waals surface area (Å²) in [6.45, 7) is 1.93. The van der Waals surface area contributed by atoms with E-state index in [1.165, 1.54) is 0 Å². The zero-order valence-corrected chi connectivity index (χ0v) is 19.4. The molecule has 0 saturated heterocycles. The van der Waals surface area contributed by atoms with Gasteiger partial charge in [0.25, 0.3) is 5.91 Å². The number of benzene rings is 3. The molecule has 1 aliphatic heterocycles. The predicted octanol–water partition coefficient (Wildman–Crippen LogP) is 5.42. The number of hydrogen-bond donors (Lipinski definition) is 1. The smallest absolute Gasteiger partial charge is 0.254 e. The number of aliphatic hydroxyl groups excluding tert-OH is 1. The van der Waals surface area contributed by atoms with Crippen LogP contribution < -0.4 is 4.90 Å². The van der Waals surface area contributed by atoms with Gasteiger partial charge in [-0.3, -0.25) is 9.79 Å². The molecular formula is C26H24Cl2N2O2. The quantitative estimate of drug-likeness (QED) is 0.545. The highest BCUT2D eigenvalue weighted by Crippen LogP contribution is 2.32. The van der Waals surface area contributed by atoms with Gasteiger partial charge < -0.3 is 10.0 Å². The molecule has 0 radical (unpaired) electrons. The first-order valence-corrected chi connectivity index (χ1v) is 11.2. The average molecular weight is 467 g/mol. The predicted molar refractivity (Wildman–Crippen MR) is 131 cm³/mol. The first-order chi connectivity index (χ1) is 15.3. The van der Waals surface area contributed by atoms with E-state index in [1.54, 1.807) is 18.0 Å². The molecular weight excluding hydrogens is 443 g/mol. The molecule has 4 rings (SSSR count). The first-order valence-electron chi connectivity index (χ1n) is 10.5. The summed E-state index contributed by atoms with van der Waals surface area (Å²) in [4.78, 5) is 19.8. The number of hydrogen-bond acceptors (Lipinski definition) is 3. The van der Waals surface area contributed by atoms with Crippen molar-refractivity contribution in [2.75, 3.05) is 11.9 Å². The minimum absolute atomic E-state index is 0.205. The SMILES string of the molecule is C[C@@H](Cc1ccc(Cl)cc1)[C@@H](O)[C@@H]1N=C(c2ccccc2)c2cc(Cl)ccc2N(C)C1=O. The second-order valence-corrected chi connectivity index (χ2v) is 9.02. The van der Waals surface area contributed by atoms with Crippen molar-refractivity contribution >= 4 is 40.5 Å². The van der Waals surface area contributed by atoms with Crippen LogP contribution in [0.4, 0.5) is 5.69 Å². The molecule has 0 aliphatic carbocycles. The van der Waals surface area contributed by atoms with Gasteiger partial charge in [0, 0.05) is 28.2 Å². The molecule has 3 aromatic rings. The average Bonchev–Trinajstić information content (AvgIpc) is 2.90. The Morgan fingerprint density at radius 1 is 1.00 bits per heavy atom. The molecule has 0 bridgehead atoms. The number of rotatable bonds is 5. The van der Waals surface area contributed by atoms with Gasteiger partial charge in [0.2, 0.25) is 0 Å². The number of carbonyl (C=O) groups excluding carboxylic acids is 1. The van der Waals surface area contributed by atoms with E-state index < -0.39 is 12.1 Å². The van der Waals surface area contributed by atoms with E-state index in [4.69, 9.17) is 28.2 Å². The molecule has 3 atom stereocenters. The van der Waals surface area contributed by atoms with E-state index >= 15 is 0 Å². The van der Waals surface area contributed by atoms with Gasteiger partial charge in [0.15, 0.2) is 6.04 Å². The molecule has 0 unspecified atom stereocenters. The number of nitrogens with zero attached hydrogens (tertiary/aromatic N) is 2. The normalized spacial score (nSPS) is 17.9. The molecule has 0 aromatic heterocycles. The van der Waals surface area contributed by atoms with E-state index in [0.29, 0.717) is 27.9 Å². The Bertz CT molecular complexity index is 1150. The molecule has 164 valence electrons. The highest BCUT2D eigenvalue weighted by molar-refractivity contribution is 6.32. The number of benzodiazepines with no additional fused rings is 1. The largest absolute Gasteiger partial charge is 0.390 e. The molecule has 32 heavy (non-hydrogen) atoms. The zero-order chi connectivity index (χ0) is 22.8. The van der Waals surface area contributed by atoms with Crippen molar-refractivity contribution in [3.63, 3.8) is 0 Å². The Labute approximate surface area is 198 Å². The minimum atomic E-state index is -0.968. The summed E-state index contributed by atoms with van der Waals surface area (Å²) in [5, 5.41) is 12.5. The van der Waals surface area contributed by atoms with Gasteiger partial charge in [-0.05, 0) is 48.2 Å². The summed E-state index contributed by atoms with van der Waals surface area (Å²) < 4.78 is 0. The van der Waals surface area contributed by atoms with Crippen LogP contribution in [0.25, 0.3) is 0 Å². The standard InChI is InChI=1S/C26H24Cl2N2O2/c1-16(14-17-8-10-19(27)11-9-17)25(31)24-26(32)30(2)22-13-12-20(28)15-21(22)23(29-24)18-6-4-3-5-7-18/h3-13,15-16,24-25,31H,14H2,1-2H3/t16-,24-,25+/m0/s1. The molecule has 6 heteroatoms. The number of carbonyl (C=O) groups is 1. The van der Waals surface area contributed by atoms with Crippen molar-refractivity contribution in [2.24, 2.45) is 10.9 Å². The lowest BCUT2D eigenvalue weighted by molar-refractivity contribution is -0.122. The lowest BCUT2D eigenvalue weighted by Crippen LogP contribution is -2.44. The van der Waals surface area contributed by atoms with E-state index in [9.17, 15) is 9.90 Å². The first kappa shape index (κ1) is 22.5. The van der Waals surface area contributed by atoms with Crippen molar-refractivity contribution in [2.45, 2.75) is 25.5 Å². The Morgan fingerprint density at radius 2 is 1.66 bits per heavy atom. The van der Waals surface area contributed by atoms with Crippen LogP contribution in [0.15, 0.2) is 77.8 Å². The van der Waals surface area contributed by atoms with E-state index in [2.05, 4.69) is 0 Å². The van der Waals surface area contributed by atoms with Crippen LogP contribution in [0.2, 0.25) is 10.0 Å². The number of likely N-dealkylation sites (N-methyl/N-ethyl adjacent to an activating group) is 1. The van der Waals surface area contributed by atoms with Crippen LogP contribution >= 0.6 is 23.2 Å². The van der Waals surface area contributed by atoms with E-state index in [0.717, 1.165) is 16.7 Å². The van der Waals surface area contributed by atoms with Crippen LogP contribution in [0.3, 0.4) is 0 Å². The molecule has 1 heterocycles. The van der Waals surface area contributed by atoms with E-state index in [1.807, 2.05) is 73.7 Å². The maximum Gasteiger partial charge on any atom is 0.254 e. The second-order valence-electron chi connectivity index (χ2n) is 8.15. The van der Waals surface area contributed by atoms with Crippen LogP contribution in [0, 0.1) is 5.92 Å². The number of aliphatic imine (C=N–C) groups is 1. The monoisotopic (exact) mass is 466 g/mol. The third-order valence-corrected chi connectivity index (χ3v) is 6.34. The summed E-state index contributed by atoms with van der Waals surface area (Å²) >= 11 is 12.3. The summed E-state index contributed by atoms with van der Waals surface area (Å²) in [6, 6.07) is 21.6. The minimum Gasteiger partial charge on any atom is -0.390 e. The van der Waals surface area contributed by atoms with Gasteiger partial charge in [-0.25, -0.2) is 0 Å². The number of anilines is 1. The summed E-state index contributed by atoms with van der Waals surface area (Å²) in [6.07, 6.45) is -0.370. The van der Waals surface area contributed by atoms with Gasteiger partial charge in [0.05, 0.1) is 17.5 Å². The van der Waals surface area contributed by atoms with Gasteiger partial charge in [-0.15, -0.1) is 0 Å². The third-order valence-electron chi connectivity index (χ3n) is 5.85. The van der Waals surface area contributed by atoms with Crippen molar-refractivity contribution in [3.05, 3.63) is 99.5 Å². The molecule has 3 aromatic carbocycles. The summed E-state index contributed by atoms with van der Waals surface area (Å²) in [5.74, 6) is -0.459. The van der Waals surface area contributed by atoms with Crippen molar-refractivity contribution in [1.82, 2.24) is 0 Å². The van der Waals surface area contributed by atoms with Gasteiger partial charge >= 0.3 is 0 Å². The highest BCUT2D eigenvalue weighted by atomic mass is 35.5.